The molecule has 0 bridgehead atoms. The van der Waals surface area contributed by atoms with Crippen molar-refractivity contribution in [2.75, 3.05) is 11.9 Å². The number of para-hydroxylation sites is 1. The Bertz CT molecular complexity index is 1090. The highest BCUT2D eigenvalue weighted by Gasteiger charge is 2.42. The van der Waals surface area contributed by atoms with Crippen molar-refractivity contribution in [2.45, 2.75) is 31.8 Å². The summed E-state index contributed by atoms with van der Waals surface area (Å²) in [4.78, 5) is 29.7. The van der Waals surface area contributed by atoms with E-state index in [-0.39, 0.29) is 18.2 Å². The van der Waals surface area contributed by atoms with Gasteiger partial charge in [0.25, 0.3) is 5.91 Å². The Balaban J connectivity index is 1.47. The quantitative estimate of drug-likeness (QED) is 0.476. The third kappa shape index (κ3) is 5.84. The topological polar surface area (TPSA) is 52.7 Å². The smallest absolute Gasteiger partial charge is 0.252 e. The van der Waals surface area contributed by atoms with E-state index in [0.29, 0.717) is 23.9 Å². The lowest BCUT2D eigenvalue weighted by molar-refractivity contribution is -0.131. The molecule has 168 valence electrons. The fraction of sp³-hybridized carbons (Fsp3) is 0.222. The number of carbonyl (C=O) groups excluding carboxylic acids is 2. The first-order valence-corrected chi connectivity index (χ1v) is 11.6. The lowest BCUT2D eigenvalue weighted by Gasteiger charge is -2.24. The Labute approximate surface area is 200 Å². The minimum Gasteiger partial charge on any atom is -0.336 e. The Morgan fingerprint density at radius 3 is 2.06 bits per heavy atom. The number of rotatable bonds is 9. The largest absolute Gasteiger partial charge is 0.336 e. The number of hydrogen-bond donors (Lipinski definition) is 1. The van der Waals surface area contributed by atoms with E-state index >= 15 is 0 Å². The molecule has 0 saturated carbocycles. The van der Waals surface area contributed by atoms with Crippen LogP contribution in [0.4, 0.5) is 5.69 Å². The van der Waals surface area contributed by atoms with Gasteiger partial charge in [0, 0.05) is 12.2 Å². The number of benzene rings is 3. The average molecular weight is 458 g/mol. The normalized spacial score (nSPS) is 15.7. The molecule has 1 unspecified atom stereocenters. The maximum Gasteiger partial charge on any atom is 0.252 e. The molecule has 5 nitrogen and oxygen atoms in total. The molecule has 3 aromatic rings. The molecule has 4 rings (SSSR count). The van der Waals surface area contributed by atoms with Crippen LogP contribution < -0.4 is 5.32 Å². The van der Waals surface area contributed by atoms with Gasteiger partial charge in [-0.15, -0.1) is 0 Å². The number of anilines is 1. The lowest BCUT2D eigenvalue weighted by atomic mass is 10.1. The number of carbonyl (C=O) groups is 2. The lowest BCUT2D eigenvalue weighted by Crippen LogP contribution is -2.38. The molecule has 1 aliphatic heterocycles. The molecule has 1 fully saturated rings. The first-order valence-electron chi connectivity index (χ1n) is 11.2. The maximum atomic E-state index is 13.4. The number of nitrogens with zero attached hydrogens (tertiary/aromatic N) is 2. The summed E-state index contributed by atoms with van der Waals surface area (Å²) in [6.07, 6.45) is 1.79. The molecule has 1 atom stereocenters. The zero-order valence-electron chi connectivity index (χ0n) is 18.4. The van der Waals surface area contributed by atoms with Crippen LogP contribution in [0.15, 0.2) is 91.0 Å². The van der Waals surface area contributed by atoms with Crippen molar-refractivity contribution in [1.29, 1.82) is 0 Å². The molecular formula is C27H27N3O2S. The molecule has 3 aromatic carbocycles. The Morgan fingerprint density at radius 1 is 0.848 bits per heavy atom. The van der Waals surface area contributed by atoms with Gasteiger partial charge in [0.15, 0.2) is 5.11 Å². The molecule has 1 saturated heterocycles. The average Bonchev–Trinajstić information content (AvgIpc) is 3.05. The summed E-state index contributed by atoms with van der Waals surface area (Å²) in [5.74, 6) is -0.316. The maximum absolute atomic E-state index is 13.4. The second kappa shape index (κ2) is 10.9. The van der Waals surface area contributed by atoms with Gasteiger partial charge in [0.2, 0.25) is 5.91 Å². The van der Waals surface area contributed by atoms with Crippen molar-refractivity contribution in [1.82, 2.24) is 9.80 Å². The fourth-order valence-electron chi connectivity index (χ4n) is 4.06. The van der Waals surface area contributed by atoms with E-state index in [0.717, 1.165) is 18.4 Å². The third-order valence-corrected chi connectivity index (χ3v) is 6.19. The second-order valence-electron chi connectivity index (χ2n) is 8.11. The summed E-state index contributed by atoms with van der Waals surface area (Å²) in [7, 11) is 0. The standard InChI is InChI=1S/C27H27N3O2S/c31-25(28-23-16-8-3-9-17-23)19-24-26(32)30(20-22-13-6-2-7-14-22)27(33)29(24)18-10-15-21-11-4-1-5-12-21/h1-9,11-14,16-17,24H,10,15,18-20H2,(H,28,31). The van der Waals surface area contributed by atoms with E-state index in [1.807, 2.05) is 83.8 Å². The van der Waals surface area contributed by atoms with Crippen LogP contribution in [0.1, 0.15) is 24.0 Å². The van der Waals surface area contributed by atoms with Crippen LogP contribution >= 0.6 is 12.2 Å². The van der Waals surface area contributed by atoms with E-state index in [9.17, 15) is 9.59 Å². The van der Waals surface area contributed by atoms with Gasteiger partial charge >= 0.3 is 0 Å². The molecule has 2 amide bonds. The van der Waals surface area contributed by atoms with E-state index in [2.05, 4.69) is 17.4 Å². The van der Waals surface area contributed by atoms with Crippen LogP contribution in [-0.2, 0) is 22.6 Å². The van der Waals surface area contributed by atoms with Gasteiger partial charge in [0.05, 0.1) is 13.0 Å². The molecule has 0 aliphatic carbocycles. The summed E-state index contributed by atoms with van der Waals surface area (Å²) in [5.41, 5.74) is 2.97. The van der Waals surface area contributed by atoms with Crippen molar-refractivity contribution in [3.63, 3.8) is 0 Å². The first-order chi connectivity index (χ1) is 16.1. The van der Waals surface area contributed by atoms with Crippen LogP contribution in [0.2, 0.25) is 0 Å². The predicted molar refractivity (Wildman–Crippen MR) is 135 cm³/mol. The monoisotopic (exact) mass is 457 g/mol. The number of thiocarbonyl (C=S) groups is 1. The van der Waals surface area contributed by atoms with Crippen molar-refractivity contribution in [3.8, 4) is 0 Å². The van der Waals surface area contributed by atoms with Crippen LogP contribution in [-0.4, -0.2) is 39.3 Å². The zero-order chi connectivity index (χ0) is 23.0. The molecule has 6 heteroatoms. The summed E-state index contributed by atoms with van der Waals surface area (Å²) < 4.78 is 0. The zero-order valence-corrected chi connectivity index (χ0v) is 19.2. The summed E-state index contributed by atoms with van der Waals surface area (Å²) in [6.45, 7) is 1.03. The summed E-state index contributed by atoms with van der Waals surface area (Å²) in [6, 6.07) is 28.7. The molecule has 0 radical (unpaired) electrons. The molecule has 1 N–H and O–H groups in total. The number of nitrogens with one attached hydrogen (secondary N) is 1. The van der Waals surface area contributed by atoms with Crippen molar-refractivity contribution in [3.05, 3.63) is 102 Å². The van der Waals surface area contributed by atoms with E-state index < -0.39 is 6.04 Å². The molecule has 1 aliphatic rings. The highest BCUT2D eigenvalue weighted by Crippen LogP contribution is 2.24. The van der Waals surface area contributed by atoms with Gasteiger partial charge in [-0.25, -0.2) is 0 Å². The molecule has 1 heterocycles. The Hall–Kier alpha value is -3.51. The summed E-state index contributed by atoms with van der Waals surface area (Å²) >= 11 is 5.73. The number of amides is 2. The van der Waals surface area contributed by atoms with E-state index in [1.54, 1.807) is 4.90 Å². The fourth-order valence-corrected chi connectivity index (χ4v) is 4.44. The van der Waals surface area contributed by atoms with Crippen molar-refractivity contribution >= 4 is 34.8 Å². The van der Waals surface area contributed by atoms with Gasteiger partial charge in [-0.1, -0.05) is 78.9 Å². The first kappa shape index (κ1) is 22.7. The van der Waals surface area contributed by atoms with Crippen LogP contribution in [0.25, 0.3) is 0 Å². The summed E-state index contributed by atoms with van der Waals surface area (Å²) in [5, 5.41) is 3.39. The van der Waals surface area contributed by atoms with Gasteiger partial charge in [-0.3, -0.25) is 14.5 Å². The molecule has 0 spiro atoms. The van der Waals surface area contributed by atoms with Crippen LogP contribution in [0.3, 0.4) is 0 Å². The number of hydrogen-bond acceptors (Lipinski definition) is 3. The molecule has 0 aromatic heterocycles. The van der Waals surface area contributed by atoms with Gasteiger partial charge in [-0.2, -0.15) is 0 Å². The van der Waals surface area contributed by atoms with E-state index in [4.69, 9.17) is 12.2 Å². The minimum absolute atomic E-state index is 0.0600. The molecular weight excluding hydrogens is 430 g/mol. The van der Waals surface area contributed by atoms with Crippen LogP contribution in [0.5, 0.6) is 0 Å². The highest BCUT2D eigenvalue weighted by atomic mass is 32.1. The van der Waals surface area contributed by atoms with Crippen LogP contribution in [0, 0.1) is 0 Å². The Morgan fingerprint density at radius 2 is 1.42 bits per heavy atom. The SMILES string of the molecule is O=C(CC1C(=O)N(Cc2ccccc2)C(=S)N1CCCc1ccccc1)Nc1ccccc1. The second-order valence-corrected chi connectivity index (χ2v) is 8.47. The van der Waals surface area contributed by atoms with Gasteiger partial charge < -0.3 is 10.2 Å². The third-order valence-electron chi connectivity index (χ3n) is 5.73. The van der Waals surface area contributed by atoms with Gasteiger partial charge in [0.1, 0.15) is 6.04 Å². The van der Waals surface area contributed by atoms with Crippen molar-refractivity contribution < 1.29 is 9.59 Å². The van der Waals surface area contributed by atoms with Gasteiger partial charge in [-0.05, 0) is 48.3 Å². The predicted octanol–water partition coefficient (Wildman–Crippen LogP) is 4.65. The molecule has 33 heavy (non-hydrogen) atoms. The van der Waals surface area contributed by atoms with Crippen molar-refractivity contribution in [2.24, 2.45) is 0 Å². The Kier molecular flexibility index (Phi) is 7.47. The minimum atomic E-state index is -0.597. The highest BCUT2D eigenvalue weighted by molar-refractivity contribution is 7.80. The number of aryl methyl sites for hydroxylation is 1. The van der Waals surface area contributed by atoms with E-state index in [1.165, 1.54) is 5.56 Å².